The van der Waals surface area contributed by atoms with Crippen LogP contribution in [-0.2, 0) is 13.6 Å². The van der Waals surface area contributed by atoms with Crippen molar-refractivity contribution in [3.8, 4) is 34.0 Å². The van der Waals surface area contributed by atoms with E-state index in [0.717, 1.165) is 61.9 Å². The van der Waals surface area contributed by atoms with E-state index in [0.29, 0.717) is 12.4 Å². The van der Waals surface area contributed by atoms with Gasteiger partial charge < -0.3 is 19.9 Å². The largest absolute Gasteiger partial charge is 0.439 e. The topological polar surface area (TPSA) is 76.9 Å². The number of benzene rings is 2. The van der Waals surface area contributed by atoms with Gasteiger partial charge in [0.05, 0.1) is 11.1 Å². The van der Waals surface area contributed by atoms with E-state index in [1.165, 1.54) is 0 Å². The Bertz CT molecular complexity index is 1540. The highest BCUT2D eigenvalue weighted by molar-refractivity contribution is 6.09. The van der Waals surface area contributed by atoms with E-state index in [9.17, 15) is 0 Å². The van der Waals surface area contributed by atoms with E-state index in [1.54, 1.807) is 6.33 Å². The average molecular weight is 449 g/mol. The summed E-state index contributed by atoms with van der Waals surface area (Å²) in [5, 5.41) is 7.74. The molecule has 1 aliphatic rings. The first-order chi connectivity index (χ1) is 16.6. The summed E-state index contributed by atoms with van der Waals surface area (Å²) in [5.41, 5.74) is 8.53. The molecule has 2 N–H and O–H groups in total. The molecule has 34 heavy (non-hydrogen) atoms. The Hall–Kier alpha value is -4.39. The number of hydrogen-bond donors (Lipinski definition) is 2. The summed E-state index contributed by atoms with van der Waals surface area (Å²) < 4.78 is 8.24. The van der Waals surface area contributed by atoms with Gasteiger partial charge in [-0.15, -0.1) is 0 Å². The molecule has 7 nitrogen and oxygen atoms in total. The van der Waals surface area contributed by atoms with Crippen LogP contribution in [0.2, 0.25) is 0 Å². The minimum absolute atomic E-state index is 0.586. The van der Waals surface area contributed by atoms with Crippen LogP contribution in [0, 0.1) is 6.92 Å². The highest BCUT2D eigenvalue weighted by Gasteiger charge is 2.26. The molecule has 0 saturated heterocycles. The van der Waals surface area contributed by atoms with Crippen LogP contribution in [0.3, 0.4) is 0 Å². The fourth-order valence-electron chi connectivity index (χ4n) is 4.68. The summed E-state index contributed by atoms with van der Waals surface area (Å²) >= 11 is 0. The third-order valence-corrected chi connectivity index (χ3v) is 6.29. The molecule has 6 rings (SSSR count). The second kappa shape index (κ2) is 7.88. The highest BCUT2D eigenvalue weighted by Crippen LogP contribution is 2.46. The van der Waals surface area contributed by atoms with Crippen molar-refractivity contribution in [2.45, 2.75) is 13.5 Å². The number of pyridine rings is 1. The Balaban J connectivity index is 1.53. The van der Waals surface area contributed by atoms with Crippen molar-refractivity contribution in [1.82, 2.24) is 19.5 Å². The molecular formula is C27H24N6O. The van der Waals surface area contributed by atoms with Crippen molar-refractivity contribution in [3.05, 3.63) is 78.2 Å². The maximum absolute atomic E-state index is 6.08. The molecule has 0 spiro atoms. The van der Waals surface area contributed by atoms with Gasteiger partial charge in [0.15, 0.2) is 0 Å². The van der Waals surface area contributed by atoms with Crippen molar-refractivity contribution >= 4 is 22.5 Å². The monoisotopic (exact) mass is 448 g/mol. The minimum Gasteiger partial charge on any atom is -0.439 e. The first-order valence-corrected chi connectivity index (χ1v) is 11.2. The van der Waals surface area contributed by atoms with Crippen LogP contribution < -0.4 is 15.4 Å². The lowest BCUT2D eigenvalue weighted by Crippen LogP contribution is -2.03. The molecule has 7 heteroatoms. The Morgan fingerprint density at radius 3 is 2.68 bits per heavy atom. The zero-order valence-electron chi connectivity index (χ0n) is 19.3. The number of nitrogens with zero attached hydrogens (tertiary/aromatic N) is 4. The number of ether oxygens (including phenoxy) is 1. The van der Waals surface area contributed by atoms with Crippen LogP contribution in [0.1, 0.15) is 11.3 Å². The van der Waals surface area contributed by atoms with Crippen LogP contribution in [0.4, 0.5) is 11.5 Å². The molecule has 0 bridgehead atoms. The van der Waals surface area contributed by atoms with Crippen molar-refractivity contribution in [2.75, 3.05) is 17.7 Å². The lowest BCUT2D eigenvalue weighted by molar-refractivity contribution is 0.461. The Kier molecular flexibility index (Phi) is 4.69. The van der Waals surface area contributed by atoms with Gasteiger partial charge in [-0.3, -0.25) is 0 Å². The van der Waals surface area contributed by atoms with Gasteiger partial charge in [0.25, 0.3) is 0 Å². The van der Waals surface area contributed by atoms with E-state index >= 15 is 0 Å². The van der Waals surface area contributed by atoms with Gasteiger partial charge in [-0.1, -0.05) is 24.3 Å². The minimum atomic E-state index is 0.586. The Morgan fingerprint density at radius 2 is 1.88 bits per heavy atom. The molecule has 2 aromatic carbocycles. The Labute approximate surface area is 197 Å². The number of hydrogen-bond acceptors (Lipinski definition) is 6. The summed E-state index contributed by atoms with van der Waals surface area (Å²) in [5.74, 6) is 2.18. The van der Waals surface area contributed by atoms with Crippen LogP contribution in [0.15, 0.2) is 67.0 Å². The second-order valence-electron chi connectivity index (χ2n) is 8.42. The summed E-state index contributed by atoms with van der Waals surface area (Å²) in [6, 6.07) is 20.5. The molecule has 0 fully saturated rings. The molecule has 1 aliphatic heterocycles. The van der Waals surface area contributed by atoms with Gasteiger partial charge in [-0.25, -0.2) is 15.0 Å². The molecule has 0 aliphatic carbocycles. The lowest BCUT2D eigenvalue weighted by Gasteiger charge is -2.14. The Morgan fingerprint density at radius 1 is 1.03 bits per heavy atom. The first-order valence-electron chi connectivity index (χ1n) is 11.2. The third-order valence-electron chi connectivity index (χ3n) is 6.29. The number of nitrogens with one attached hydrogen (secondary N) is 2. The maximum Gasteiger partial charge on any atom is 0.219 e. The van der Waals surface area contributed by atoms with Gasteiger partial charge in [0.2, 0.25) is 5.88 Å². The molecule has 168 valence electrons. The molecule has 4 heterocycles. The van der Waals surface area contributed by atoms with Gasteiger partial charge in [0.1, 0.15) is 23.5 Å². The number of aryl methyl sites for hydroxylation is 2. The van der Waals surface area contributed by atoms with Crippen molar-refractivity contribution in [3.63, 3.8) is 0 Å². The van der Waals surface area contributed by atoms with Crippen molar-refractivity contribution < 1.29 is 4.74 Å². The van der Waals surface area contributed by atoms with Crippen LogP contribution in [0.5, 0.6) is 11.6 Å². The zero-order chi connectivity index (χ0) is 23.2. The second-order valence-corrected chi connectivity index (χ2v) is 8.42. The molecule has 5 aromatic rings. The SMILES string of the molecule is CNc1ccc(-c2c3c4c(ncnc4n2C)NCc2cc(Oc4cccc(C)n4)ccc2-3)cc1. The first kappa shape index (κ1) is 20.2. The van der Waals surface area contributed by atoms with Gasteiger partial charge in [-0.05, 0) is 53.9 Å². The summed E-state index contributed by atoms with van der Waals surface area (Å²) in [4.78, 5) is 13.7. The normalized spacial score (nSPS) is 12.1. The van der Waals surface area contributed by atoms with Crippen molar-refractivity contribution in [2.24, 2.45) is 7.05 Å². The summed E-state index contributed by atoms with van der Waals surface area (Å²) in [7, 11) is 3.99. The molecule has 0 atom stereocenters. The predicted molar refractivity (Wildman–Crippen MR) is 135 cm³/mol. The standard InChI is InChI=1S/C27H24N6O/c1-16-5-4-6-22(32-16)34-20-11-12-21-18(13-20)14-29-26-24-23(21)25(33(3)27(24)31-15-30-26)17-7-9-19(28-2)10-8-17/h4-13,15,28H,14H2,1-3H3,(H,29,30,31). The quantitative estimate of drug-likeness (QED) is 0.364. The zero-order valence-corrected chi connectivity index (χ0v) is 19.3. The van der Waals surface area contributed by atoms with E-state index in [4.69, 9.17) is 4.74 Å². The van der Waals surface area contributed by atoms with Crippen LogP contribution >= 0.6 is 0 Å². The molecule has 3 aromatic heterocycles. The number of anilines is 2. The van der Waals surface area contributed by atoms with E-state index in [1.807, 2.05) is 38.2 Å². The summed E-state index contributed by atoms with van der Waals surface area (Å²) in [6.07, 6.45) is 1.62. The van der Waals surface area contributed by atoms with E-state index in [2.05, 4.69) is 73.6 Å². The fourth-order valence-corrected chi connectivity index (χ4v) is 4.68. The number of fused-ring (bicyclic) bond motifs is 2. The van der Waals surface area contributed by atoms with Crippen LogP contribution in [-0.4, -0.2) is 26.6 Å². The predicted octanol–water partition coefficient (Wildman–Crippen LogP) is 5.77. The van der Waals surface area contributed by atoms with Crippen molar-refractivity contribution in [1.29, 1.82) is 0 Å². The van der Waals surface area contributed by atoms with Crippen LogP contribution in [0.25, 0.3) is 33.4 Å². The average Bonchev–Trinajstić information content (AvgIpc) is 3.05. The van der Waals surface area contributed by atoms with Gasteiger partial charge >= 0.3 is 0 Å². The van der Waals surface area contributed by atoms with E-state index < -0.39 is 0 Å². The number of aromatic nitrogens is 4. The highest BCUT2D eigenvalue weighted by atomic mass is 16.5. The maximum atomic E-state index is 6.08. The van der Waals surface area contributed by atoms with Gasteiger partial charge in [-0.2, -0.15) is 0 Å². The summed E-state index contributed by atoms with van der Waals surface area (Å²) in [6.45, 7) is 2.59. The van der Waals surface area contributed by atoms with E-state index in [-0.39, 0.29) is 0 Å². The molecular weight excluding hydrogens is 424 g/mol. The van der Waals surface area contributed by atoms with Gasteiger partial charge in [0, 0.05) is 43.7 Å². The smallest absolute Gasteiger partial charge is 0.219 e. The number of rotatable bonds is 4. The third kappa shape index (κ3) is 3.25. The fraction of sp³-hybridized carbons (Fsp3) is 0.148. The lowest BCUT2D eigenvalue weighted by atomic mass is 9.95. The molecule has 0 amide bonds. The molecule has 0 unspecified atom stereocenters. The molecule has 0 radical (unpaired) electrons. The molecule has 0 saturated carbocycles.